The maximum absolute atomic E-state index is 12.0. The molecule has 0 bridgehead atoms. The third-order valence-electron chi connectivity index (χ3n) is 5.45. The van der Waals surface area contributed by atoms with Gasteiger partial charge in [-0.05, 0) is 53.3 Å². The molecule has 3 N–H and O–H groups in total. The van der Waals surface area contributed by atoms with Crippen molar-refractivity contribution < 1.29 is 14.7 Å². The highest BCUT2D eigenvalue weighted by atomic mass is 16.4. The number of benzene rings is 2. The number of hydrogen-bond acceptors (Lipinski definition) is 3. The summed E-state index contributed by atoms with van der Waals surface area (Å²) in [5, 5.41) is 15.7. The molecule has 0 aliphatic carbocycles. The third-order valence-corrected chi connectivity index (χ3v) is 5.45. The van der Waals surface area contributed by atoms with Crippen LogP contribution in [0.25, 0.3) is 0 Å². The van der Waals surface area contributed by atoms with Crippen LogP contribution >= 0.6 is 0 Å². The Labute approximate surface area is 158 Å². The molecule has 0 aromatic heterocycles. The zero-order valence-electron chi connectivity index (χ0n) is 15.5. The van der Waals surface area contributed by atoms with Gasteiger partial charge in [0, 0.05) is 24.5 Å². The summed E-state index contributed by atoms with van der Waals surface area (Å²) in [6, 6.07) is 13.3. The van der Waals surface area contributed by atoms with Gasteiger partial charge in [0.15, 0.2) is 0 Å². The Morgan fingerprint density at radius 2 is 2.04 bits per heavy atom. The molecule has 2 aromatic rings. The van der Waals surface area contributed by atoms with Crippen molar-refractivity contribution in [2.75, 3.05) is 23.3 Å². The molecular weight excluding hydrogens is 342 g/mol. The summed E-state index contributed by atoms with van der Waals surface area (Å²) in [6.07, 6.45) is 0.773. The molecule has 0 saturated carbocycles. The van der Waals surface area contributed by atoms with Crippen molar-refractivity contribution in [1.82, 2.24) is 5.32 Å². The average molecular weight is 365 g/mol. The summed E-state index contributed by atoms with van der Waals surface area (Å²) in [6.45, 7) is 5.69. The Kier molecular flexibility index (Phi) is 4.06. The van der Waals surface area contributed by atoms with Crippen LogP contribution in [-0.2, 0) is 6.42 Å². The summed E-state index contributed by atoms with van der Waals surface area (Å²) >= 11 is 0. The standard InChI is InChI=1S/C21H23N3O3/c1-21(2)12-15-10-14(19(25)26)6-7-17(15)23-18(21)13-4-3-5-16(11-13)24-9-8-22-20(24)27/h3-7,10-11,18,23H,8-9,12H2,1-2H3,(H,22,27)(H,25,26). The first-order valence-electron chi connectivity index (χ1n) is 9.13. The second-order valence-corrected chi connectivity index (χ2v) is 7.90. The molecule has 1 unspecified atom stereocenters. The molecule has 6 heteroatoms. The third kappa shape index (κ3) is 3.12. The molecule has 2 heterocycles. The second-order valence-electron chi connectivity index (χ2n) is 7.90. The fourth-order valence-electron chi connectivity index (χ4n) is 4.08. The van der Waals surface area contributed by atoms with Crippen LogP contribution in [0.5, 0.6) is 0 Å². The highest BCUT2D eigenvalue weighted by Crippen LogP contribution is 2.45. The number of carboxylic acids is 1. The lowest BCUT2D eigenvalue weighted by atomic mass is 9.72. The quantitative estimate of drug-likeness (QED) is 0.775. The number of rotatable bonds is 3. The van der Waals surface area contributed by atoms with Crippen LogP contribution < -0.4 is 15.5 Å². The summed E-state index contributed by atoms with van der Waals surface area (Å²) in [7, 11) is 0. The maximum atomic E-state index is 12.0. The van der Waals surface area contributed by atoms with Crippen molar-refractivity contribution >= 4 is 23.4 Å². The van der Waals surface area contributed by atoms with Crippen molar-refractivity contribution in [2.45, 2.75) is 26.3 Å². The van der Waals surface area contributed by atoms with Crippen molar-refractivity contribution in [3.05, 3.63) is 59.2 Å². The van der Waals surface area contributed by atoms with Crippen LogP contribution in [0.15, 0.2) is 42.5 Å². The molecule has 1 saturated heterocycles. The molecule has 140 valence electrons. The van der Waals surface area contributed by atoms with Crippen LogP contribution in [0.2, 0.25) is 0 Å². The van der Waals surface area contributed by atoms with E-state index >= 15 is 0 Å². The van der Waals surface area contributed by atoms with E-state index in [4.69, 9.17) is 0 Å². The lowest BCUT2D eigenvalue weighted by Crippen LogP contribution is -2.35. The Morgan fingerprint density at radius 3 is 2.74 bits per heavy atom. The fourth-order valence-corrected chi connectivity index (χ4v) is 4.08. The highest BCUT2D eigenvalue weighted by Gasteiger charge is 2.36. The summed E-state index contributed by atoms with van der Waals surface area (Å²) < 4.78 is 0. The van der Waals surface area contributed by atoms with E-state index in [9.17, 15) is 14.7 Å². The Hall–Kier alpha value is -3.02. The maximum Gasteiger partial charge on any atom is 0.335 e. The minimum Gasteiger partial charge on any atom is -0.478 e. The number of carbonyl (C=O) groups excluding carboxylic acids is 1. The number of carboxylic acid groups (broad SMARTS) is 1. The monoisotopic (exact) mass is 365 g/mol. The minimum absolute atomic E-state index is 0.0606. The smallest absolute Gasteiger partial charge is 0.335 e. The SMILES string of the molecule is CC1(C)Cc2cc(C(=O)O)ccc2NC1c1cccc(N2CCNC2=O)c1. The van der Waals surface area contributed by atoms with Crippen LogP contribution in [-0.4, -0.2) is 30.2 Å². The first-order valence-corrected chi connectivity index (χ1v) is 9.13. The van der Waals surface area contributed by atoms with Crippen LogP contribution in [0, 0.1) is 5.41 Å². The molecule has 0 spiro atoms. The summed E-state index contributed by atoms with van der Waals surface area (Å²) in [4.78, 5) is 25.0. The van der Waals surface area contributed by atoms with Gasteiger partial charge >= 0.3 is 12.0 Å². The number of aromatic carboxylic acids is 1. The number of amides is 2. The predicted molar refractivity (Wildman–Crippen MR) is 104 cm³/mol. The lowest BCUT2D eigenvalue weighted by molar-refractivity contribution is 0.0696. The van der Waals surface area contributed by atoms with Gasteiger partial charge in [0.25, 0.3) is 0 Å². The lowest BCUT2D eigenvalue weighted by Gasteiger charge is -2.41. The van der Waals surface area contributed by atoms with Crippen molar-refractivity contribution in [3.8, 4) is 0 Å². The molecule has 4 rings (SSSR count). The van der Waals surface area contributed by atoms with E-state index in [1.54, 1.807) is 17.0 Å². The summed E-state index contributed by atoms with van der Waals surface area (Å²) in [5.74, 6) is -0.908. The van der Waals surface area contributed by atoms with Crippen LogP contribution in [0.3, 0.4) is 0 Å². The van der Waals surface area contributed by atoms with E-state index in [1.807, 2.05) is 18.2 Å². The van der Waals surface area contributed by atoms with Crippen molar-refractivity contribution in [1.29, 1.82) is 0 Å². The van der Waals surface area contributed by atoms with Gasteiger partial charge < -0.3 is 15.7 Å². The molecule has 2 aliphatic heterocycles. The molecule has 1 fully saturated rings. The van der Waals surface area contributed by atoms with Crippen molar-refractivity contribution in [3.63, 3.8) is 0 Å². The molecule has 0 radical (unpaired) electrons. The Balaban J connectivity index is 1.68. The Bertz CT molecular complexity index is 923. The molecule has 27 heavy (non-hydrogen) atoms. The van der Waals surface area contributed by atoms with E-state index < -0.39 is 5.97 Å². The summed E-state index contributed by atoms with van der Waals surface area (Å²) in [5.41, 5.74) is 4.19. The normalized spacial score (nSPS) is 20.6. The van der Waals surface area contributed by atoms with Gasteiger partial charge in [0.1, 0.15) is 0 Å². The predicted octanol–water partition coefficient (Wildman–Crippen LogP) is 3.65. The highest BCUT2D eigenvalue weighted by molar-refractivity contribution is 5.94. The number of nitrogens with zero attached hydrogens (tertiary/aromatic N) is 1. The number of anilines is 2. The van der Waals surface area contributed by atoms with Crippen molar-refractivity contribution in [2.24, 2.45) is 5.41 Å². The number of fused-ring (bicyclic) bond motifs is 1. The largest absolute Gasteiger partial charge is 0.478 e. The molecule has 2 aliphatic rings. The average Bonchev–Trinajstić information content (AvgIpc) is 3.06. The molecule has 2 aromatic carbocycles. The zero-order chi connectivity index (χ0) is 19.2. The van der Waals surface area contributed by atoms with E-state index in [-0.39, 0.29) is 17.5 Å². The van der Waals surface area contributed by atoms with Gasteiger partial charge in [-0.1, -0.05) is 26.0 Å². The van der Waals surface area contributed by atoms with E-state index in [2.05, 4.69) is 36.6 Å². The minimum atomic E-state index is -0.908. The first kappa shape index (κ1) is 17.4. The van der Waals surface area contributed by atoms with Gasteiger partial charge in [-0.2, -0.15) is 0 Å². The number of hydrogen-bond donors (Lipinski definition) is 3. The second kappa shape index (κ2) is 6.30. The van der Waals surface area contributed by atoms with E-state index in [1.165, 1.54) is 0 Å². The molecular formula is C21H23N3O3. The molecule has 2 amide bonds. The fraction of sp³-hybridized carbons (Fsp3) is 0.333. The van der Waals surface area contributed by atoms with E-state index in [0.717, 1.165) is 28.9 Å². The van der Waals surface area contributed by atoms with Gasteiger partial charge in [0.2, 0.25) is 0 Å². The van der Waals surface area contributed by atoms with Crippen LogP contribution in [0.4, 0.5) is 16.2 Å². The number of carbonyl (C=O) groups is 2. The first-order chi connectivity index (χ1) is 12.8. The topological polar surface area (TPSA) is 81.7 Å². The van der Waals surface area contributed by atoms with Gasteiger partial charge in [-0.15, -0.1) is 0 Å². The van der Waals surface area contributed by atoms with E-state index in [0.29, 0.717) is 18.7 Å². The molecule has 1 atom stereocenters. The van der Waals surface area contributed by atoms with Crippen LogP contribution in [0.1, 0.15) is 41.4 Å². The van der Waals surface area contributed by atoms with Gasteiger partial charge in [0.05, 0.1) is 11.6 Å². The molecule has 6 nitrogen and oxygen atoms in total. The number of nitrogens with one attached hydrogen (secondary N) is 2. The zero-order valence-corrected chi connectivity index (χ0v) is 15.5. The Morgan fingerprint density at radius 1 is 1.22 bits per heavy atom. The number of urea groups is 1. The van der Waals surface area contributed by atoms with Gasteiger partial charge in [-0.3, -0.25) is 4.90 Å². The van der Waals surface area contributed by atoms with Gasteiger partial charge in [-0.25, -0.2) is 9.59 Å².